The molecule has 1 aromatic rings. The van der Waals surface area contributed by atoms with Crippen molar-refractivity contribution in [3.63, 3.8) is 0 Å². The van der Waals surface area contributed by atoms with Crippen molar-refractivity contribution >= 4 is 28.5 Å². The SMILES string of the molecule is CCCC[C@H](CC)NC(=O)c1cc(I)c(C)[nH]c1=O. The molecular formula is C14H21IN2O2. The fourth-order valence-corrected chi connectivity index (χ4v) is 2.30. The van der Waals surface area contributed by atoms with Crippen molar-refractivity contribution in [1.82, 2.24) is 10.3 Å². The molecule has 0 aliphatic rings. The fraction of sp³-hybridized carbons (Fsp3) is 0.571. The van der Waals surface area contributed by atoms with Crippen molar-refractivity contribution in [2.45, 2.75) is 52.5 Å². The summed E-state index contributed by atoms with van der Waals surface area (Å²) in [4.78, 5) is 26.6. The van der Waals surface area contributed by atoms with E-state index >= 15 is 0 Å². The zero-order valence-corrected chi connectivity index (χ0v) is 13.8. The molecule has 0 saturated heterocycles. The number of aromatic nitrogens is 1. The molecule has 106 valence electrons. The number of hydrogen-bond acceptors (Lipinski definition) is 2. The maximum atomic E-state index is 12.1. The number of nitrogens with one attached hydrogen (secondary N) is 2. The van der Waals surface area contributed by atoms with Crippen LogP contribution in [0.5, 0.6) is 0 Å². The van der Waals surface area contributed by atoms with Gasteiger partial charge in [0, 0.05) is 15.3 Å². The molecule has 1 atom stereocenters. The topological polar surface area (TPSA) is 62.0 Å². The Bertz CT molecular complexity index is 497. The molecular weight excluding hydrogens is 355 g/mol. The van der Waals surface area contributed by atoms with Gasteiger partial charge in [-0.25, -0.2) is 0 Å². The van der Waals surface area contributed by atoms with E-state index in [1.54, 1.807) is 6.07 Å². The molecule has 0 radical (unpaired) electrons. The molecule has 2 N–H and O–H groups in total. The third-order valence-corrected chi connectivity index (χ3v) is 4.27. The number of H-pyrrole nitrogens is 1. The lowest BCUT2D eigenvalue weighted by atomic mass is 10.1. The number of hydrogen-bond donors (Lipinski definition) is 2. The number of carbonyl (C=O) groups excluding carboxylic acids is 1. The summed E-state index contributed by atoms with van der Waals surface area (Å²) in [6.45, 7) is 5.99. The van der Waals surface area contributed by atoms with Gasteiger partial charge in [0.2, 0.25) is 0 Å². The van der Waals surface area contributed by atoms with Crippen LogP contribution in [-0.4, -0.2) is 16.9 Å². The molecule has 0 spiro atoms. The number of pyridine rings is 1. The van der Waals surface area contributed by atoms with Gasteiger partial charge in [-0.05, 0) is 48.4 Å². The zero-order chi connectivity index (χ0) is 14.4. The van der Waals surface area contributed by atoms with Crippen molar-refractivity contribution in [3.05, 3.63) is 31.2 Å². The highest BCUT2D eigenvalue weighted by Crippen LogP contribution is 2.09. The van der Waals surface area contributed by atoms with Crippen LogP contribution in [0.1, 0.15) is 55.6 Å². The highest BCUT2D eigenvalue weighted by molar-refractivity contribution is 14.1. The van der Waals surface area contributed by atoms with E-state index in [0.717, 1.165) is 34.9 Å². The van der Waals surface area contributed by atoms with E-state index in [1.165, 1.54) is 0 Å². The second-order valence-corrected chi connectivity index (χ2v) is 5.87. The first-order valence-corrected chi connectivity index (χ1v) is 7.77. The van der Waals surface area contributed by atoms with Gasteiger partial charge in [-0.1, -0.05) is 26.7 Å². The van der Waals surface area contributed by atoms with Gasteiger partial charge >= 0.3 is 0 Å². The molecule has 0 aromatic carbocycles. The normalized spacial score (nSPS) is 12.2. The van der Waals surface area contributed by atoms with Gasteiger partial charge in [0.15, 0.2) is 0 Å². The van der Waals surface area contributed by atoms with E-state index in [0.29, 0.717) is 0 Å². The molecule has 1 amide bonds. The summed E-state index contributed by atoms with van der Waals surface area (Å²) in [6.07, 6.45) is 4.03. The molecule has 1 rings (SSSR count). The Hall–Kier alpha value is -0.850. The van der Waals surface area contributed by atoms with Crippen LogP contribution in [0.4, 0.5) is 0 Å². The first-order valence-electron chi connectivity index (χ1n) is 6.69. The standard InChI is InChI=1S/C14H21IN2O2/c1-4-6-7-10(5-2)17-14(19)11-8-12(15)9(3)16-13(11)18/h8,10H,4-7H2,1-3H3,(H,16,18)(H,17,19)/t10-/m0/s1. The summed E-state index contributed by atoms with van der Waals surface area (Å²) in [5.41, 5.74) is 0.672. The third kappa shape index (κ3) is 4.63. The minimum Gasteiger partial charge on any atom is -0.349 e. The monoisotopic (exact) mass is 376 g/mol. The molecule has 5 heteroatoms. The lowest BCUT2D eigenvalue weighted by Crippen LogP contribution is -2.37. The van der Waals surface area contributed by atoms with Gasteiger partial charge in [-0.3, -0.25) is 9.59 Å². The van der Waals surface area contributed by atoms with Gasteiger partial charge in [0.25, 0.3) is 11.5 Å². The highest BCUT2D eigenvalue weighted by Gasteiger charge is 2.16. The maximum absolute atomic E-state index is 12.1. The second-order valence-electron chi connectivity index (χ2n) is 4.71. The van der Waals surface area contributed by atoms with Crippen LogP contribution in [0.15, 0.2) is 10.9 Å². The Morgan fingerprint density at radius 1 is 1.47 bits per heavy atom. The summed E-state index contributed by atoms with van der Waals surface area (Å²) in [5, 5.41) is 2.94. The number of aryl methyl sites for hydroxylation is 1. The molecule has 4 nitrogen and oxygen atoms in total. The van der Waals surface area contributed by atoms with E-state index in [4.69, 9.17) is 0 Å². The number of rotatable bonds is 6. The fourth-order valence-electron chi connectivity index (χ4n) is 1.86. The molecule has 1 heterocycles. The summed E-state index contributed by atoms with van der Waals surface area (Å²) in [6, 6.07) is 1.79. The van der Waals surface area contributed by atoms with Gasteiger partial charge in [-0.15, -0.1) is 0 Å². The Balaban J connectivity index is 2.83. The predicted molar refractivity (Wildman–Crippen MR) is 85.6 cm³/mol. The molecule has 19 heavy (non-hydrogen) atoms. The van der Waals surface area contributed by atoms with Crippen LogP contribution in [0, 0.1) is 10.5 Å². The van der Waals surface area contributed by atoms with Crippen LogP contribution in [0.3, 0.4) is 0 Å². The molecule has 0 bridgehead atoms. The number of carbonyl (C=O) groups is 1. The summed E-state index contributed by atoms with van der Waals surface area (Å²) in [7, 11) is 0. The predicted octanol–water partition coefficient (Wildman–Crippen LogP) is 2.99. The molecule has 0 aliphatic carbocycles. The average Bonchev–Trinajstić information content (AvgIpc) is 2.38. The number of amides is 1. The molecule has 0 fully saturated rings. The largest absolute Gasteiger partial charge is 0.349 e. The van der Waals surface area contributed by atoms with Crippen molar-refractivity contribution in [1.29, 1.82) is 0 Å². The van der Waals surface area contributed by atoms with E-state index in [9.17, 15) is 9.59 Å². The van der Waals surface area contributed by atoms with Crippen molar-refractivity contribution in [3.8, 4) is 0 Å². The lowest BCUT2D eigenvalue weighted by molar-refractivity contribution is 0.0931. The second kappa shape index (κ2) is 7.67. The van der Waals surface area contributed by atoms with E-state index in [2.05, 4.69) is 39.8 Å². The first kappa shape index (κ1) is 16.2. The van der Waals surface area contributed by atoms with Gasteiger partial charge in [0.1, 0.15) is 5.56 Å². The van der Waals surface area contributed by atoms with Crippen molar-refractivity contribution in [2.75, 3.05) is 0 Å². The maximum Gasteiger partial charge on any atom is 0.261 e. The smallest absolute Gasteiger partial charge is 0.261 e. The van der Waals surface area contributed by atoms with Gasteiger partial charge in [0.05, 0.1) is 0 Å². The van der Waals surface area contributed by atoms with Crippen molar-refractivity contribution in [2.24, 2.45) is 0 Å². The molecule has 1 aromatic heterocycles. The Morgan fingerprint density at radius 2 is 2.16 bits per heavy atom. The zero-order valence-electron chi connectivity index (χ0n) is 11.7. The van der Waals surface area contributed by atoms with Gasteiger partial charge in [-0.2, -0.15) is 0 Å². The Kier molecular flexibility index (Phi) is 6.54. The lowest BCUT2D eigenvalue weighted by Gasteiger charge is -2.16. The van der Waals surface area contributed by atoms with Gasteiger partial charge < -0.3 is 10.3 Å². The van der Waals surface area contributed by atoms with E-state index in [-0.39, 0.29) is 23.1 Å². The minimum absolute atomic E-state index is 0.144. The van der Waals surface area contributed by atoms with Crippen molar-refractivity contribution < 1.29 is 4.79 Å². The van der Waals surface area contributed by atoms with Crippen LogP contribution < -0.4 is 10.9 Å². The molecule has 0 aliphatic heterocycles. The average molecular weight is 376 g/mol. The highest BCUT2D eigenvalue weighted by atomic mass is 127. The van der Waals surface area contributed by atoms with Crippen LogP contribution >= 0.6 is 22.6 Å². The minimum atomic E-state index is -0.319. The van der Waals surface area contributed by atoms with E-state index < -0.39 is 0 Å². The van der Waals surface area contributed by atoms with Crippen LogP contribution in [-0.2, 0) is 0 Å². The van der Waals surface area contributed by atoms with Crippen LogP contribution in [0.25, 0.3) is 0 Å². The number of halogens is 1. The third-order valence-electron chi connectivity index (χ3n) is 3.15. The Labute approximate surface area is 127 Å². The summed E-state index contributed by atoms with van der Waals surface area (Å²) < 4.78 is 0.893. The van der Waals surface area contributed by atoms with Crippen LogP contribution in [0.2, 0.25) is 0 Å². The number of unbranched alkanes of at least 4 members (excludes halogenated alkanes) is 1. The summed E-state index contributed by atoms with van der Waals surface area (Å²) in [5.74, 6) is -0.276. The first-order chi connectivity index (χ1) is 8.99. The quantitative estimate of drug-likeness (QED) is 0.750. The number of aromatic amines is 1. The summed E-state index contributed by atoms with van der Waals surface area (Å²) >= 11 is 2.12. The molecule has 0 saturated carbocycles. The Morgan fingerprint density at radius 3 is 2.74 bits per heavy atom. The molecule has 0 unspecified atom stereocenters. The van der Waals surface area contributed by atoms with E-state index in [1.807, 2.05) is 13.8 Å².